The number of hydrogen-bond donors (Lipinski definition) is 4. The summed E-state index contributed by atoms with van der Waals surface area (Å²) in [6.45, 7) is 5.65. The molecular formula is C40H36N10O4. The van der Waals surface area contributed by atoms with Crippen LogP contribution < -0.4 is 21.3 Å². The monoisotopic (exact) mass is 720 g/mol. The molecule has 0 fully saturated rings. The SMILES string of the molecule is CC(=O)Nc1cc(/C=C/c2nc(/C=C/c3ccnc(NC(C)=O)c3)c(/C=C/c3ccnc(NC(C)=O)c3)nc2/C=C/c2ccnc(NC(C)=O)c2)ccn1. The second kappa shape index (κ2) is 18.1. The second-order valence-electron chi connectivity index (χ2n) is 11.7. The van der Waals surface area contributed by atoms with Crippen molar-refractivity contribution in [1.29, 1.82) is 0 Å². The Balaban J connectivity index is 1.63. The van der Waals surface area contributed by atoms with Crippen LogP contribution in [0.15, 0.2) is 73.3 Å². The third kappa shape index (κ3) is 11.8. The van der Waals surface area contributed by atoms with Gasteiger partial charge >= 0.3 is 0 Å². The van der Waals surface area contributed by atoms with Crippen molar-refractivity contribution in [2.45, 2.75) is 27.7 Å². The van der Waals surface area contributed by atoms with Crippen LogP contribution >= 0.6 is 0 Å². The summed E-state index contributed by atoms with van der Waals surface area (Å²) in [6.07, 6.45) is 20.9. The van der Waals surface area contributed by atoms with E-state index in [1.54, 1.807) is 73.3 Å². The van der Waals surface area contributed by atoms with E-state index in [2.05, 4.69) is 41.2 Å². The number of nitrogens with zero attached hydrogens (tertiary/aromatic N) is 6. The molecule has 5 rings (SSSR count). The number of amides is 4. The molecular weight excluding hydrogens is 685 g/mol. The van der Waals surface area contributed by atoms with Gasteiger partial charge in [0.25, 0.3) is 0 Å². The summed E-state index contributed by atoms with van der Waals surface area (Å²) in [5, 5.41) is 10.8. The van der Waals surface area contributed by atoms with Crippen LogP contribution in [0.5, 0.6) is 0 Å². The summed E-state index contributed by atoms with van der Waals surface area (Å²) in [7, 11) is 0. The van der Waals surface area contributed by atoms with Crippen LogP contribution in [0.25, 0.3) is 48.6 Å². The molecule has 0 saturated heterocycles. The normalized spacial score (nSPS) is 11.3. The lowest BCUT2D eigenvalue weighted by molar-refractivity contribution is -0.115. The van der Waals surface area contributed by atoms with Crippen molar-refractivity contribution in [2.24, 2.45) is 0 Å². The Morgan fingerprint density at radius 3 is 0.815 bits per heavy atom. The zero-order chi connectivity index (χ0) is 38.5. The van der Waals surface area contributed by atoms with Crippen molar-refractivity contribution in [3.8, 4) is 0 Å². The van der Waals surface area contributed by atoms with E-state index in [1.165, 1.54) is 27.7 Å². The maximum Gasteiger partial charge on any atom is 0.222 e. The second-order valence-corrected chi connectivity index (χ2v) is 11.7. The molecule has 5 aromatic rings. The van der Waals surface area contributed by atoms with Crippen molar-refractivity contribution in [1.82, 2.24) is 29.9 Å². The van der Waals surface area contributed by atoms with Crippen LogP contribution in [0.2, 0.25) is 0 Å². The van der Waals surface area contributed by atoms with Gasteiger partial charge < -0.3 is 21.3 Å². The molecule has 14 nitrogen and oxygen atoms in total. The van der Waals surface area contributed by atoms with Crippen molar-refractivity contribution >= 4 is 95.5 Å². The maximum atomic E-state index is 11.6. The lowest BCUT2D eigenvalue weighted by atomic mass is 10.1. The lowest BCUT2D eigenvalue weighted by Gasteiger charge is -2.08. The molecule has 54 heavy (non-hydrogen) atoms. The largest absolute Gasteiger partial charge is 0.311 e. The van der Waals surface area contributed by atoms with Crippen molar-refractivity contribution in [2.75, 3.05) is 21.3 Å². The smallest absolute Gasteiger partial charge is 0.222 e. The van der Waals surface area contributed by atoms with Gasteiger partial charge in [-0.25, -0.2) is 29.9 Å². The lowest BCUT2D eigenvalue weighted by Crippen LogP contribution is -2.07. The summed E-state index contributed by atoms with van der Waals surface area (Å²) in [6, 6.07) is 14.1. The van der Waals surface area contributed by atoms with Crippen molar-refractivity contribution < 1.29 is 19.2 Å². The van der Waals surface area contributed by atoms with E-state index >= 15 is 0 Å². The average Bonchev–Trinajstić information content (AvgIpc) is 3.11. The minimum absolute atomic E-state index is 0.240. The number of pyridine rings is 4. The molecule has 0 atom stereocenters. The van der Waals surface area contributed by atoms with Crippen LogP contribution in [0.3, 0.4) is 0 Å². The van der Waals surface area contributed by atoms with Gasteiger partial charge in [-0.2, -0.15) is 0 Å². The molecule has 0 unspecified atom stereocenters. The van der Waals surface area contributed by atoms with Gasteiger partial charge in [-0.3, -0.25) is 19.2 Å². The van der Waals surface area contributed by atoms with E-state index in [-0.39, 0.29) is 23.6 Å². The van der Waals surface area contributed by atoms with Crippen LogP contribution in [0.4, 0.5) is 23.3 Å². The first-order valence-electron chi connectivity index (χ1n) is 16.6. The first kappa shape index (κ1) is 37.8. The van der Waals surface area contributed by atoms with Crippen LogP contribution in [-0.4, -0.2) is 53.5 Å². The molecule has 0 saturated carbocycles. The molecule has 0 bridgehead atoms. The molecule has 0 spiro atoms. The zero-order valence-electron chi connectivity index (χ0n) is 29.9. The van der Waals surface area contributed by atoms with Crippen molar-refractivity contribution in [3.63, 3.8) is 0 Å². The van der Waals surface area contributed by atoms with Crippen LogP contribution in [0.1, 0.15) is 72.7 Å². The molecule has 5 heterocycles. The molecule has 14 heteroatoms. The minimum atomic E-state index is -0.240. The molecule has 0 aliphatic carbocycles. The summed E-state index contributed by atoms with van der Waals surface area (Å²) in [4.78, 5) is 73.4. The van der Waals surface area contributed by atoms with Gasteiger partial charge in [0.15, 0.2) is 0 Å². The number of carbonyl (C=O) groups excluding carboxylic acids is 4. The Morgan fingerprint density at radius 2 is 0.611 bits per heavy atom. The van der Waals surface area contributed by atoms with Crippen LogP contribution in [0, 0.1) is 0 Å². The van der Waals surface area contributed by atoms with Crippen molar-refractivity contribution in [3.05, 3.63) is 118 Å². The minimum Gasteiger partial charge on any atom is -0.311 e. The summed E-state index contributed by atoms with van der Waals surface area (Å²) in [5.41, 5.74) is 5.10. The number of nitrogens with one attached hydrogen (secondary N) is 4. The Labute approximate surface area is 311 Å². The molecule has 5 aromatic heterocycles. The summed E-state index contributed by atoms with van der Waals surface area (Å²) >= 11 is 0. The highest BCUT2D eigenvalue weighted by Gasteiger charge is 2.10. The Hall–Kier alpha value is -7.48. The molecule has 0 aliphatic rings. The van der Waals surface area contributed by atoms with E-state index in [0.29, 0.717) is 46.0 Å². The third-order valence-corrected chi connectivity index (χ3v) is 7.09. The Bertz CT molecular complexity index is 2010. The predicted molar refractivity (Wildman–Crippen MR) is 212 cm³/mol. The highest BCUT2D eigenvalue weighted by atomic mass is 16.2. The number of aromatic nitrogens is 6. The number of rotatable bonds is 12. The third-order valence-electron chi connectivity index (χ3n) is 7.09. The van der Waals surface area contributed by atoms with Gasteiger partial charge in [-0.05, 0) is 95.1 Å². The number of hydrogen-bond acceptors (Lipinski definition) is 10. The van der Waals surface area contributed by atoms with E-state index in [1.807, 2.05) is 48.6 Å². The number of carbonyl (C=O) groups is 4. The summed E-state index contributed by atoms with van der Waals surface area (Å²) < 4.78 is 0. The molecule has 0 aromatic carbocycles. The van der Waals surface area contributed by atoms with Gasteiger partial charge in [-0.15, -0.1) is 0 Å². The number of anilines is 4. The molecule has 4 N–H and O–H groups in total. The standard InChI is InChI=1S/C40H36N10O4/c1-25(51)45-37-21-29(13-17-41-37)5-9-33-34(10-6-30-14-18-42-38(22-30)46-26(2)52)50-36(12-8-32-16-20-44-40(24-32)48-28(4)54)35(49-33)11-7-31-15-19-43-39(23-31)47-27(3)53/h5-24H,1-4H3,(H,41,45,51)(H,42,46,52)(H,43,47,53)(H,44,48,54)/b9-5+,10-6+,11-7+,12-8+. The molecule has 0 aliphatic heterocycles. The van der Waals surface area contributed by atoms with Gasteiger partial charge in [0.05, 0.1) is 22.8 Å². The Morgan fingerprint density at radius 1 is 0.389 bits per heavy atom. The first-order valence-corrected chi connectivity index (χ1v) is 16.6. The molecule has 4 amide bonds. The van der Waals surface area contributed by atoms with Gasteiger partial charge in [-0.1, -0.05) is 24.3 Å². The first-order chi connectivity index (χ1) is 26.0. The highest BCUT2D eigenvalue weighted by molar-refractivity contribution is 5.90. The summed E-state index contributed by atoms with van der Waals surface area (Å²) in [5.74, 6) is 0.658. The molecule has 0 radical (unpaired) electrons. The molecule has 270 valence electrons. The average molecular weight is 721 g/mol. The van der Waals surface area contributed by atoms with E-state index in [0.717, 1.165) is 22.3 Å². The quantitative estimate of drug-likeness (QED) is 0.109. The Kier molecular flexibility index (Phi) is 12.7. The highest BCUT2D eigenvalue weighted by Crippen LogP contribution is 2.22. The topological polar surface area (TPSA) is 194 Å². The van der Waals surface area contributed by atoms with Gasteiger partial charge in [0.2, 0.25) is 23.6 Å². The van der Waals surface area contributed by atoms with E-state index in [9.17, 15) is 19.2 Å². The van der Waals surface area contributed by atoms with Gasteiger partial charge in [0, 0.05) is 52.5 Å². The van der Waals surface area contributed by atoms with Crippen LogP contribution in [-0.2, 0) is 19.2 Å². The maximum absolute atomic E-state index is 11.6. The predicted octanol–water partition coefficient (Wildman–Crippen LogP) is 6.57. The zero-order valence-corrected chi connectivity index (χ0v) is 29.9. The van der Waals surface area contributed by atoms with Gasteiger partial charge in [0.1, 0.15) is 23.3 Å². The van der Waals surface area contributed by atoms with E-state index in [4.69, 9.17) is 9.97 Å². The fraction of sp³-hybridized carbons (Fsp3) is 0.100. The fourth-order valence-corrected chi connectivity index (χ4v) is 4.88. The van der Waals surface area contributed by atoms with E-state index < -0.39 is 0 Å². The fourth-order valence-electron chi connectivity index (χ4n) is 4.88.